The molecule has 0 unspecified atom stereocenters. The van der Waals surface area contributed by atoms with Crippen molar-refractivity contribution in [2.75, 3.05) is 6.54 Å². The molecule has 0 amide bonds. The molecule has 88 valence electrons. The van der Waals surface area contributed by atoms with Crippen molar-refractivity contribution < 1.29 is 4.79 Å². The fraction of sp³-hybridized carbons (Fsp3) is 0.286. The van der Waals surface area contributed by atoms with Gasteiger partial charge in [0.2, 0.25) is 0 Å². The summed E-state index contributed by atoms with van der Waals surface area (Å²) in [6.07, 6.45) is 3.96. The quantitative estimate of drug-likeness (QED) is 0.632. The number of nitrogens with zero attached hydrogens (tertiary/aromatic N) is 1. The zero-order valence-electron chi connectivity index (χ0n) is 9.73. The van der Waals surface area contributed by atoms with Crippen LogP contribution in [0.15, 0.2) is 36.5 Å². The predicted octanol–water partition coefficient (Wildman–Crippen LogP) is 2.55. The standard InChI is InChI=1S/C14H16N2O/c15-8-4-3-7-14(17)12-9-11-5-1-2-6-13(11)16-10-12/h1-2,5-6,9-10H,3-4,7-8,15H2. The second-order valence-electron chi connectivity index (χ2n) is 4.09. The number of para-hydroxylation sites is 1. The Labute approximate surface area is 101 Å². The van der Waals surface area contributed by atoms with Crippen LogP contribution >= 0.6 is 0 Å². The SMILES string of the molecule is NCCCCC(=O)c1cnc2ccccc2c1. The van der Waals surface area contributed by atoms with E-state index in [1.165, 1.54) is 0 Å². The number of Topliss-reactive ketones (excluding diaryl/α,β-unsaturated/α-hetero) is 1. The lowest BCUT2D eigenvalue weighted by molar-refractivity contribution is 0.0979. The van der Waals surface area contributed by atoms with Crippen molar-refractivity contribution in [2.24, 2.45) is 5.73 Å². The molecule has 17 heavy (non-hydrogen) atoms. The van der Waals surface area contributed by atoms with Gasteiger partial charge in [0.1, 0.15) is 0 Å². The predicted molar refractivity (Wildman–Crippen MR) is 69.0 cm³/mol. The Bertz CT molecular complexity index is 522. The number of rotatable bonds is 5. The third-order valence-electron chi connectivity index (χ3n) is 2.77. The van der Waals surface area contributed by atoms with Crippen LogP contribution in [0.25, 0.3) is 10.9 Å². The normalized spacial score (nSPS) is 10.6. The smallest absolute Gasteiger partial charge is 0.164 e. The summed E-state index contributed by atoms with van der Waals surface area (Å²) in [6, 6.07) is 9.72. The molecule has 0 aliphatic rings. The Morgan fingerprint density at radius 1 is 1.24 bits per heavy atom. The van der Waals surface area contributed by atoms with Gasteiger partial charge in [0.15, 0.2) is 5.78 Å². The minimum absolute atomic E-state index is 0.150. The Morgan fingerprint density at radius 2 is 2.06 bits per heavy atom. The fourth-order valence-corrected chi connectivity index (χ4v) is 1.80. The van der Waals surface area contributed by atoms with Gasteiger partial charge in [0, 0.05) is 23.6 Å². The highest BCUT2D eigenvalue weighted by Gasteiger charge is 2.06. The molecule has 1 aromatic heterocycles. The molecule has 2 aromatic rings. The number of pyridine rings is 1. The van der Waals surface area contributed by atoms with Crippen LogP contribution in [0.1, 0.15) is 29.6 Å². The van der Waals surface area contributed by atoms with Crippen molar-refractivity contribution in [1.29, 1.82) is 0 Å². The molecule has 2 rings (SSSR count). The van der Waals surface area contributed by atoms with Crippen LogP contribution in [-0.2, 0) is 0 Å². The van der Waals surface area contributed by atoms with E-state index in [0.29, 0.717) is 18.5 Å². The van der Waals surface area contributed by atoms with Crippen molar-refractivity contribution in [2.45, 2.75) is 19.3 Å². The van der Waals surface area contributed by atoms with E-state index in [0.717, 1.165) is 23.7 Å². The molecule has 2 N–H and O–H groups in total. The molecule has 0 fully saturated rings. The van der Waals surface area contributed by atoms with Crippen LogP contribution in [0.3, 0.4) is 0 Å². The largest absolute Gasteiger partial charge is 0.330 e. The van der Waals surface area contributed by atoms with Crippen molar-refractivity contribution >= 4 is 16.7 Å². The third-order valence-corrected chi connectivity index (χ3v) is 2.77. The molecule has 3 nitrogen and oxygen atoms in total. The number of fused-ring (bicyclic) bond motifs is 1. The van der Waals surface area contributed by atoms with Crippen LogP contribution in [0.5, 0.6) is 0 Å². The molecule has 1 aromatic carbocycles. The Hall–Kier alpha value is -1.74. The van der Waals surface area contributed by atoms with E-state index in [4.69, 9.17) is 5.73 Å². The van der Waals surface area contributed by atoms with E-state index in [9.17, 15) is 4.79 Å². The summed E-state index contributed by atoms with van der Waals surface area (Å²) < 4.78 is 0. The highest BCUT2D eigenvalue weighted by atomic mass is 16.1. The summed E-state index contributed by atoms with van der Waals surface area (Å²) in [5.41, 5.74) is 7.02. The van der Waals surface area contributed by atoms with Crippen LogP contribution in [0.2, 0.25) is 0 Å². The second-order valence-corrected chi connectivity index (χ2v) is 4.09. The van der Waals surface area contributed by atoms with Gasteiger partial charge in [-0.05, 0) is 31.5 Å². The Kier molecular flexibility index (Phi) is 3.83. The minimum atomic E-state index is 0.150. The number of hydrogen-bond acceptors (Lipinski definition) is 3. The lowest BCUT2D eigenvalue weighted by Crippen LogP contribution is -2.03. The number of nitrogens with two attached hydrogens (primary N) is 1. The van der Waals surface area contributed by atoms with E-state index in [1.807, 2.05) is 30.3 Å². The first kappa shape index (κ1) is 11.7. The molecule has 0 aliphatic heterocycles. The molecule has 0 bridgehead atoms. The number of unbranched alkanes of at least 4 members (excludes halogenated alkanes) is 1. The van der Waals surface area contributed by atoms with Gasteiger partial charge in [-0.3, -0.25) is 9.78 Å². The fourth-order valence-electron chi connectivity index (χ4n) is 1.80. The van der Waals surface area contributed by atoms with Crippen molar-refractivity contribution in [1.82, 2.24) is 4.98 Å². The number of aromatic nitrogens is 1. The average molecular weight is 228 g/mol. The van der Waals surface area contributed by atoms with Crippen LogP contribution in [0.4, 0.5) is 0 Å². The maximum atomic E-state index is 11.9. The van der Waals surface area contributed by atoms with Gasteiger partial charge in [-0.2, -0.15) is 0 Å². The van der Waals surface area contributed by atoms with Crippen LogP contribution in [-0.4, -0.2) is 17.3 Å². The number of ketones is 1. The lowest BCUT2D eigenvalue weighted by atomic mass is 10.1. The number of hydrogen-bond donors (Lipinski definition) is 1. The first-order chi connectivity index (χ1) is 8.31. The second kappa shape index (κ2) is 5.55. The summed E-state index contributed by atoms with van der Waals surface area (Å²) in [4.78, 5) is 16.2. The van der Waals surface area contributed by atoms with Crippen molar-refractivity contribution in [3.8, 4) is 0 Å². The molecule has 0 spiro atoms. The van der Waals surface area contributed by atoms with Crippen LogP contribution < -0.4 is 5.73 Å². The van der Waals surface area contributed by atoms with E-state index >= 15 is 0 Å². The Balaban J connectivity index is 2.15. The highest BCUT2D eigenvalue weighted by Crippen LogP contribution is 2.14. The number of carbonyl (C=O) groups excluding carboxylic acids is 1. The summed E-state index contributed by atoms with van der Waals surface area (Å²) in [5, 5.41) is 1.01. The summed E-state index contributed by atoms with van der Waals surface area (Å²) >= 11 is 0. The molecule has 3 heteroatoms. The zero-order chi connectivity index (χ0) is 12.1. The van der Waals surface area contributed by atoms with Crippen molar-refractivity contribution in [3.63, 3.8) is 0 Å². The molecular formula is C14H16N2O. The van der Waals surface area contributed by atoms with Crippen LogP contribution in [0, 0.1) is 0 Å². The van der Waals surface area contributed by atoms with E-state index in [1.54, 1.807) is 6.20 Å². The molecule has 0 atom stereocenters. The van der Waals surface area contributed by atoms with Gasteiger partial charge < -0.3 is 5.73 Å². The highest BCUT2D eigenvalue weighted by molar-refractivity contribution is 5.98. The van der Waals surface area contributed by atoms with Gasteiger partial charge in [0.25, 0.3) is 0 Å². The first-order valence-electron chi connectivity index (χ1n) is 5.89. The minimum Gasteiger partial charge on any atom is -0.330 e. The van der Waals surface area contributed by atoms with Gasteiger partial charge in [-0.25, -0.2) is 0 Å². The molecule has 0 radical (unpaired) electrons. The summed E-state index contributed by atoms with van der Waals surface area (Å²) in [6.45, 7) is 0.642. The molecule has 0 aliphatic carbocycles. The number of carbonyl (C=O) groups is 1. The molecule has 1 heterocycles. The maximum absolute atomic E-state index is 11.9. The monoisotopic (exact) mass is 228 g/mol. The van der Waals surface area contributed by atoms with Crippen molar-refractivity contribution in [3.05, 3.63) is 42.1 Å². The summed E-state index contributed by atoms with van der Waals surface area (Å²) in [7, 11) is 0. The maximum Gasteiger partial charge on any atom is 0.164 e. The summed E-state index contributed by atoms with van der Waals surface area (Å²) in [5.74, 6) is 0.150. The third kappa shape index (κ3) is 2.88. The average Bonchev–Trinajstić information content (AvgIpc) is 2.38. The zero-order valence-corrected chi connectivity index (χ0v) is 9.73. The van der Waals surface area contributed by atoms with E-state index in [-0.39, 0.29) is 5.78 Å². The van der Waals surface area contributed by atoms with Gasteiger partial charge >= 0.3 is 0 Å². The van der Waals surface area contributed by atoms with E-state index in [2.05, 4.69) is 4.98 Å². The molecule has 0 saturated carbocycles. The van der Waals surface area contributed by atoms with E-state index < -0.39 is 0 Å². The van der Waals surface area contributed by atoms with Gasteiger partial charge in [-0.15, -0.1) is 0 Å². The first-order valence-corrected chi connectivity index (χ1v) is 5.89. The Morgan fingerprint density at radius 3 is 2.88 bits per heavy atom. The topological polar surface area (TPSA) is 56.0 Å². The molecular weight excluding hydrogens is 212 g/mol. The van der Waals surface area contributed by atoms with Gasteiger partial charge in [0.05, 0.1) is 5.52 Å². The van der Waals surface area contributed by atoms with Gasteiger partial charge in [-0.1, -0.05) is 18.2 Å². The number of benzene rings is 1. The molecule has 0 saturated heterocycles. The lowest BCUT2D eigenvalue weighted by Gasteiger charge is -2.02.